The monoisotopic (exact) mass is 261 g/mol. The number of hydrogen-bond acceptors (Lipinski definition) is 3. The smallest absolute Gasteiger partial charge is 0.313 e. The first-order valence-electron chi connectivity index (χ1n) is 6.88. The number of carbonyl (C=O) groups is 1. The number of hydrogen-bond donors (Lipinski definition) is 0. The van der Waals surface area contributed by atoms with Crippen molar-refractivity contribution in [3.8, 4) is 0 Å². The number of aryl methyl sites for hydroxylation is 1. The lowest BCUT2D eigenvalue weighted by atomic mass is 10.1. The third-order valence-electron chi connectivity index (χ3n) is 3.91. The van der Waals surface area contributed by atoms with Crippen LogP contribution >= 0.6 is 0 Å². The number of rotatable bonds is 6. The van der Waals surface area contributed by atoms with Gasteiger partial charge in [-0.05, 0) is 38.8 Å². The normalized spacial score (nSPS) is 16.4. The molecule has 1 aromatic rings. The Balaban J connectivity index is 1.82. The molecule has 2 rings (SSSR count). The third kappa shape index (κ3) is 3.57. The van der Waals surface area contributed by atoms with Crippen LogP contribution in [0.3, 0.4) is 0 Å². The molecule has 1 aromatic carbocycles. The average Bonchev–Trinajstić information content (AvgIpc) is 3.16. The molecule has 0 saturated heterocycles. The minimum Gasteiger partial charge on any atom is -0.469 e. The van der Waals surface area contributed by atoms with Gasteiger partial charge >= 0.3 is 5.97 Å². The van der Waals surface area contributed by atoms with Crippen molar-refractivity contribution in [2.45, 2.75) is 26.2 Å². The van der Waals surface area contributed by atoms with Gasteiger partial charge in [-0.1, -0.05) is 29.8 Å². The van der Waals surface area contributed by atoms with E-state index in [0.29, 0.717) is 0 Å². The number of nitrogens with zero attached hydrogens (tertiary/aromatic N) is 1. The molecule has 104 valence electrons. The summed E-state index contributed by atoms with van der Waals surface area (Å²) < 4.78 is 4.89. The Hall–Kier alpha value is -1.35. The Morgan fingerprint density at radius 3 is 2.74 bits per heavy atom. The summed E-state index contributed by atoms with van der Waals surface area (Å²) in [6.07, 6.45) is 2.96. The second kappa shape index (κ2) is 5.74. The Bertz CT molecular complexity index is 452. The lowest BCUT2D eigenvalue weighted by molar-refractivity contribution is -0.147. The highest BCUT2D eigenvalue weighted by Crippen LogP contribution is 2.47. The van der Waals surface area contributed by atoms with Gasteiger partial charge in [-0.2, -0.15) is 0 Å². The molecule has 0 bridgehead atoms. The predicted molar refractivity (Wildman–Crippen MR) is 76.1 cm³/mol. The van der Waals surface area contributed by atoms with Crippen molar-refractivity contribution in [2.75, 3.05) is 27.2 Å². The molecular weight excluding hydrogens is 238 g/mol. The van der Waals surface area contributed by atoms with Crippen LogP contribution in [0.2, 0.25) is 0 Å². The zero-order chi connectivity index (χ0) is 13.9. The van der Waals surface area contributed by atoms with E-state index in [4.69, 9.17) is 4.74 Å². The molecular formula is C16H23NO2. The fourth-order valence-electron chi connectivity index (χ4n) is 2.58. The number of likely N-dealkylation sites (N-methyl/N-ethyl adjacent to an activating group) is 1. The summed E-state index contributed by atoms with van der Waals surface area (Å²) in [5.41, 5.74) is 2.44. The van der Waals surface area contributed by atoms with Crippen LogP contribution in [0.4, 0.5) is 0 Å². The maximum atomic E-state index is 11.7. The van der Waals surface area contributed by atoms with Crippen molar-refractivity contribution in [1.82, 2.24) is 4.90 Å². The molecule has 0 aromatic heterocycles. The number of benzene rings is 1. The highest BCUT2D eigenvalue weighted by molar-refractivity contribution is 5.80. The van der Waals surface area contributed by atoms with Crippen LogP contribution in [0.1, 0.15) is 24.0 Å². The van der Waals surface area contributed by atoms with Crippen molar-refractivity contribution in [3.63, 3.8) is 0 Å². The summed E-state index contributed by atoms with van der Waals surface area (Å²) in [7, 11) is 3.56. The standard InChI is InChI=1S/C16H23NO2/c1-13-5-4-6-14(11-13)7-10-17(2)12-16(8-9-16)15(18)19-3/h4-6,11H,7-10,12H2,1-3H3. The number of carbonyl (C=O) groups excluding carboxylic acids is 1. The summed E-state index contributed by atoms with van der Waals surface area (Å²) in [4.78, 5) is 13.9. The van der Waals surface area contributed by atoms with Gasteiger partial charge < -0.3 is 9.64 Å². The van der Waals surface area contributed by atoms with Gasteiger partial charge in [0.1, 0.15) is 0 Å². The van der Waals surface area contributed by atoms with Crippen LogP contribution in [-0.2, 0) is 16.0 Å². The minimum atomic E-state index is -0.212. The van der Waals surface area contributed by atoms with E-state index in [9.17, 15) is 4.79 Å². The molecule has 0 aliphatic heterocycles. The number of esters is 1. The van der Waals surface area contributed by atoms with E-state index < -0.39 is 0 Å². The van der Waals surface area contributed by atoms with E-state index in [-0.39, 0.29) is 11.4 Å². The summed E-state index contributed by atoms with van der Waals surface area (Å²) in [5, 5.41) is 0. The largest absolute Gasteiger partial charge is 0.469 e. The molecule has 19 heavy (non-hydrogen) atoms. The molecule has 0 radical (unpaired) electrons. The molecule has 3 heteroatoms. The van der Waals surface area contributed by atoms with E-state index in [1.807, 2.05) is 0 Å². The maximum Gasteiger partial charge on any atom is 0.313 e. The molecule has 0 atom stereocenters. The van der Waals surface area contributed by atoms with Crippen LogP contribution in [0.25, 0.3) is 0 Å². The van der Waals surface area contributed by atoms with Crippen molar-refractivity contribution < 1.29 is 9.53 Å². The number of ether oxygens (including phenoxy) is 1. The van der Waals surface area contributed by atoms with E-state index >= 15 is 0 Å². The van der Waals surface area contributed by atoms with Crippen LogP contribution in [0, 0.1) is 12.3 Å². The molecule has 0 amide bonds. The summed E-state index contributed by atoms with van der Waals surface area (Å²) in [6, 6.07) is 8.60. The molecule has 0 unspecified atom stereocenters. The van der Waals surface area contributed by atoms with E-state index in [1.54, 1.807) is 0 Å². The molecule has 3 nitrogen and oxygen atoms in total. The first kappa shape index (κ1) is 14.1. The van der Waals surface area contributed by atoms with Gasteiger partial charge in [0.15, 0.2) is 0 Å². The zero-order valence-corrected chi connectivity index (χ0v) is 12.1. The highest BCUT2D eigenvalue weighted by atomic mass is 16.5. The van der Waals surface area contributed by atoms with Gasteiger partial charge in [0.25, 0.3) is 0 Å². The van der Waals surface area contributed by atoms with Gasteiger partial charge in [0, 0.05) is 13.1 Å². The first-order valence-corrected chi connectivity index (χ1v) is 6.88. The minimum absolute atomic E-state index is 0.0464. The summed E-state index contributed by atoms with van der Waals surface area (Å²) in [6.45, 7) is 3.90. The predicted octanol–water partition coefficient (Wildman–Crippen LogP) is 2.42. The molecule has 1 aliphatic rings. The van der Waals surface area contributed by atoms with E-state index in [1.165, 1.54) is 18.2 Å². The molecule has 0 spiro atoms. The van der Waals surface area contributed by atoms with Crippen molar-refractivity contribution in [2.24, 2.45) is 5.41 Å². The third-order valence-corrected chi connectivity index (χ3v) is 3.91. The quantitative estimate of drug-likeness (QED) is 0.737. The zero-order valence-electron chi connectivity index (χ0n) is 12.1. The second-order valence-electron chi connectivity index (χ2n) is 5.75. The molecule has 1 fully saturated rings. The second-order valence-corrected chi connectivity index (χ2v) is 5.75. The van der Waals surface area contributed by atoms with Gasteiger partial charge in [0.2, 0.25) is 0 Å². The Labute approximate surface area is 115 Å². The van der Waals surface area contributed by atoms with Crippen LogP contribution in [-0.4, -0.2) is 38.1 Å². The van der Waals surface area contributed by atoms with E-state index in [0.717, 1.165) is 32.4 Å². The molecule has 0 heterocycles. The topological polar surface area (TPSA) is 29.5 Å². The maximum absolute atomic E-state index is 11.7. The lowest BCUT2D eigenvalue weighted by Gasteiger charge is -2.22. The Kier molecular flexibility index (Phi) is 4.25. The highest BCUT2D eigenvalue weighted by Gasteiger charge is 2.51. The van der Waals surface area contributed by atoms with Gasteiger partial charge in [-0.3, -0.25) is 4.79 Å². The first-order chi connectivity index (χ1) is 9.05. The van der Waals surface area contributed by atoms with Crippen molar-refractivity contribution in [3.05, 3.63) is 35.4 Å². The van der Waals surface area contributed by atoms with Crippen molar-refractivity contribution in [1.29, 1.82) is 0 Å². The van der Waals surface area contributed by atoms with Crippen molar-refractivity contribution >= 4 is 5.97 Å². The van der Waals surface area contributed by atoms with Crippen LogP contribution < -0.4 is 0 Å². The Morgan fingerprint density at radius 2 is 2.16 bits per heavy atom. The SMILES string of the molecule is COC(=O)C1(CN(C)CCc2cccc(C)c2)CC1. The van der Waals surface area contributed by atoms with Gasteiger partial charge in [0.05, 0.1) is 12.5 Å². The average molecular weight is 261 g/mol. The summed E-state index contributed by atoms with van der Waals surface area (Å²) in [5.74, 6) is -0.0464. The summed E-state index contributed by atoms with van der Waals surface area (Å²) >= 11 is 0. The fourth-order valence-corrected chi connectivity index (χ4v) is 2.58. The van der Waals surface area contributed by atoms with Crippen LogP contribution in [0.15, 0.2) is 24.3 Å². The van der Waals surface area contributed by atoms with Gasteiger partial charge in [-0.15, -0.1) is 0 Å². The fraction of sp³-hybridized carbons (Fsp3) is 0.562. The Morgan fingerprint density at radius 1 is 1.42 bits per heavy atom. The van der Waals surface area contributed by atoms with Gasteiger partial charge in [-0.25, -0.2) is 0 Å². The number of methoxy groups -OCH3 is 1. The van der Waals surface area contributed by atoms with Crippen LogP contribution in [0.5, 0.6) is 0 Å². The molecule has 1 aliphatic carbocycles. The molecule has 1 saturated carbocycles. The lowest BCUT2D eigenvalue weighted by Crippen LogP contribution is -2.33. The van der Waals surface area contributed by atoms with E-state index in [2.05, 4.69) is 43.1 Å². The molecule has 0 N–H and O–H groups in total.